The largest absolute Gasteiger partial charge is 0.387 e. The number of benzene rings is 2. The van der Waals surface area contributed by atoms with Gasteiger partial charge in [-0.15, -0.1) is 0 Å². The van der Waals surface area contributed by atoms with E-state index in [1.54, 1.807) is 17.0 Å². The van der Waals surface area contributed by atoms with Gasteiger partial charge < -0.3 is 10.0 Å². The molecule has 0 aliphatic carbocycles. The average molecular weight is 356 g/mol. The van der Waals surface area contributed by atoms with Crippen molar-refractivity contribution in [3.63, 3.8) is 0 Å². The van der Waals surface area contributed by atoms with E-state index < -0.39 is 11.9 Å². The van der Waals surface area contributed by atoms with E-state index in [2.05, 4.69) is 4.90 Å². The second-order valence-corrected chi connectivity index (χ2v) is 6.98. The molecule has 1 saturated heterocycles. The van der Waals surface area contributed by atoms with Crippen LogP contribution in [0.25, 0.3) is 0 Å². The highest BCUT2D eigenvalue weighted by Gasteiger charge is 2.24. The number of nitrogens with zero attached hydrogens (tertiary/aromatic N) is 2. The SMILES string of the molecule is Cc1ccc(C)c([C@@H](O)CN2CCN(C(=O)c3cccc(F)c3)CC2)c1. The Kier molecular flexibility index (Phi) is 5.69. The maximum atomic E-state index is 13.3. The van der Waals surface area contributed by atoms with Crippen molar-refractivity contribution < 1.29 is 14.3 Å². The van der Waals surface area contributed by atoms with Crippen LogP contribution in [0.4, 0.5) is 4.39 Å². The first kappa shape index (κ1) is 18.5. The summed E-state index contributed by atoms with van der Waals surface area (Å²) >= 11 is 0. The number of halogens is 1. The number of amides is 1. The van der Waals surface area contributed by atoms with Crippen molar-refractivity contribution in [2.75, 3.05) is 32.7 Å². The van der Waals surface area contributed by atoms with Gasteiger partial charge in [0.15, 0.2) is 0 Å². The Morgan fingerprint density at radius 1 is 1.12 bits per heavy atom. The van der Waals surface area contributed by atoms with Gasteiger partial charge in [-0.2, -0.15) is 0 Å². The number of aryl methyl sites for hydroxylation is 2. The highest BCUT2D eigenvalue weighted by molar-refractivity contribution is 5.94. The Morgan fingerprint density at radius 3 is 2.54 bits per heavy atom. The van der Waals surface area contributed by atoms with Gasteiger partial charge in [-0.3, -0.25) is 9.69 Å². The van der Waals surface area contributed by atoms with Gasteiger partial charge in [0.1, 0.15) is 5.82 Å². The molecule has 4 nitrogen and oxygen atoms in total. The number of aliphatic hydroxyl groups is 1. The van der Waals surface area contributed by atoms with Gasteiger partial charge in [-0.1, -0.05) is 29.8 Å². The van der Waals surface area contributed by atoms with Crippen LogP contribution < -0.4 is 0 Å². The molecule has 5 heteroatoms. The van der Waals surface area contributed by atoms with E-state index >= 15 is 0 Å². The van der Waals surface area contributed by atoms with E-state index in [1.807, 2.05) is 32.0 Å². The number of aliphatic hydroxyl groups excluding tert-OH is 1. The lowest BCUT2D eigenvalue weighted by Gasteiger charge is -2.36. The predicted molar refractivity (Wildman–Crippen MR) is 99.6 cm³/mol. The van der Waals surface area contributed by atoms with Gasteiger partial charge in [0.25, 0.3) is 5.91 Å². The first-order chi connectivity index (χ1) is 12.4. The van der Waals surface area contributed by atoms with Crippen LogP contribution >= 0.6 is 0 Å². The summed E-state index contributed by atoms with van der Waals surface area (Å²) in [7, 11) is 0. The van der Waals surface area contributed by atoms with Crippen molar-refractivity contribution in [3.05, 3.63) is 70.5 Å². The fourth-order valence-electron chi connectivity index (χ4n) is 3.40. The van der Waals surface area contributed by atoms with Crippen LogP contribution in [0.3, 0.4) is 0 Å². The zero-order valence-electron chi connectivity index (χ0n) is 15.3. The molecule has 1 atom stereocenters. The highest BCUT2D eigenvalue weighted by Crippen LogP contribution is 2.21. The number of hydrogen-bond acceptors (Lipinski definition) is 3. The molecule has 0 unspecified atom stereocenters. The first-order valence-electron chi connectivity index (χ1n) is 8.96. The normalized spacial score (nSPS) is 16.5. The van der Waals surface area contributed by atoms with Gasteiger partial charge in [0, 0.05) is 38.3 Å². The van der Waals surface area contributed by atoms with E-state index in [0.717, 1.165) is 16.7 Å². The predicted octanol–water partition coefficient (Wildman–Crippen LogP) is 2.93. The monoisotopic (exact) mass is 356 g/mol. The second kappa shape index (κ2) is 7.98. The van der Waals surface area contributed by atoms with Crippen molar-refractivity contribution in [1.29, 1.82) is 0 Å². The van der Waals surface area contributed by atoms with Crippen molar-refractivity contribution in [3.8, 4) is 0 Å². The molecule has 3 rings (SSSR count). The molecule has 0 saturated carbocycles. The smallest absolute Gasteiger partial charge is 0.254 e. The third kappa shape index (κ3) is 4.29. The molecule has 0 radical (unpaired) electrons. The summed E-state index contributed by atoms with van der Waals surface area (Å²) in [5.74, 6) is -0.537. The summed E-state index contributed by atoms with van der Waals surface area (Å²) in [5, 5.41) is 10.6. The standard InChI is InChI=1S/C21H25FN2O2/c1-15-6-7-16(2)19(12-15)20(25)14-23-8-10-24(11-9-23)21(26)17-4-3-5-18(22)13-17/h3-7,12-13,20,25H,8-11,14H2,1-2H3/t20-/m0/s1. The molecule has 1 aliphatic rings. The third-order valence-electron chi connectivity index (χ3n) is 4.96. The summed E-state index contributed by atoms with van der Waals surface area (Å²) in [6, 6.07) is 11.9. The van der Waals surface area contributed by atoms with E-state index in [4.69, 9.17) is 0 Å². The number of carbonyl (C=O) groups is 1. The van der Waals surface area contributed by atoms with Gasteiger partial charge in [-0.05, 0) is 43.2 Å². The van der Waals surface area contributed by atoms with Crippen LogP contribution in [0.1, 0.15) is 33.2 Å². The molecule has 1 N–H and O–H groups in total. The minimum Gasteiger partial charge on any atom is -0.387 e. The number of β-amino-alcohol motifs (C(OH)–C–C–N with tert-alkyl or cyclic N) is 1. The summed E-state index contributed by atoms with van der Waals surface area (Å²) in [4.78, 5) is 16.4. The Bertz CT molecular complexity index is 785. The number of carbonyl (C=O) groups excluding carboxylic acids is 1. The van der Waals surface area contributed by atoms with E-state index in [1.165, 1.54) is 12.1 Å². The Hall–Kier alpha value is -2.24. The molecule has 1 fully saturated rings. The molecule has 0 aromatic heterocycles. The Balaban J connectivity index is 1.57. The van der Waals surface area contributed by atoms with Crippen molar-refractivity contribution in [2.24, 2.45) is 0 Å². The zero-order chi connectivity index (χ0) is 18.7. The quantitative estimate of drug-likeness (QED) is 0.916. The van der Waals surface area contributed by atoms with E-state index in [9.17, 15) is 14.3 Å². The van der Waals surface area contributed by atoms with Crippen LogP contribution in [0.2, 0.25) is 0 Å². The molecule has 1 aliphatic heterocycles. The third-order valence-corrected chi connectivity index (χ3v) is 4.96. The fraction of sp³-hybridized carbons (Fsp3) is 0.381. The molecule has 26 heavy (non-hydrogen) atoms. The molecule has 0 bridgehead atoms. The van der Waals surface area contributed by atoms with Crippen LogP contribution in [0, 0.1) is 19.7 Å². The highest BCUT2D eigenvalue weighted by atomic mass is 19.1. The van der Waals surface area contributed by atoms with Gasteiger partial charge in [0.2, 0.25) is 0 Å². The van der Waals surface area contributed by atoms with Crippen LogP contribution in [0.5, 0.6) is 0 Å². The van der Waals surface area contributed by atoms with E-state index in [-0.39, 0.29) is 5.91 Å². The van der Waals surface area contributed by atoms with Gasteiger partial charge in [0.05, 0.1) is 6.10 Å². The summed E-state index contributed by atoms with van der Waals surface area (Å²) in [6.07, 6.45) is -0.541. The number of piperazine rings is 1. The number of rotatable bonds is 4. The van der Waals surface area contributed by atoms with Crippen molar-refractivity contribution >= 4 is 5.91 Å². The molecule has 1 amide bonds. The molecular weight excluding hydrogens is 331 g/mol. The van der Waals surface area contributed by atoms with Crippen LogP contribution in [0.15, 0.2) is 42.5 Å². The van der Waals surface area contributed by atoms with E-state index in [0.29, 0.717) is 38.3 Å². The summed E-state index contributed by atoms with van der Waals surface area (Å²) in [6.45, 7) is 7.13. The first-order valence-corrected chi connectivity index (χ1v) is 8.96. The minimum absolute atomic E-state index is 0.140. The molecule has 2 aromatic carbocycles. The fourth-order valence-corrected chi connectivity index (χ4v) is 3.40. The Labute approximate surface area is 153 Å². The molecule has 1 heterocycles. The second-order valence-electron chi connectivity index (χ2n) is 6.98. The molecule has 2 aromatic rings. The Morgan fingerprint density at radius 2 is 1.85 bits per heavy atom. The number of hydrogen-bond donors (Lipinski definition) is 1. The zero-order valence-corrected chi connectivity index (χ0v) is 15.3. The molecule has 138 valence electrons. The van der Waals surface area contributed by atoms with Crippen molar-refractivity contribution in [1.82, 2.24) is 9.80 Å². The van der Waals surface area contributed by atoms with Crippen LogP contribution in [-0.2, 0) is 0 Å². The topological polar surface area (TPSA) is 43.8 Å². The van der Waals surface area contributed by atoms with Crippen LogP contribution in [-0.4, -0.2) is 53.5 Å². The van der Waals surface area contributed by atoms with Gasteiger partial charge in [-0.25, -0.2) is 4.39 Å². The molecule has 0 spiro atoms. The van der Waals surface area contributed by atoms with Gasteiger partial charge >= 0.3 is 0 Å². The maximum Gasteiger partial charge on any atom is 0.254 e. The minimum atomic E-state index is -0.541. The summed E-state index contributed by atoms with van der Waals surface area (Å²) < 4.78 is 13.3. The summed E-state index contributed by atoms with van der Waals surface area (Å²) in [5.41, 5.74) is 3.57. The molecular formula is C21H25FN2O2. The van der Waals surface area contributed by atoms with Crippen molar-refractivity contribution in [2.45, 2.75) is 20.0 Å². The lowest BCUT2D eigenvalue weighted by molar-refractivity contribution is 0.0526. The average Bonchev–Trinajstić information content (AvgIpc) is 2.63. The lowest BCUT2D eigenvalue weighted by Crippen LogP contribution is -2.49. The lowest BCUT2D eigenvalue weighted by atomic mass is 10.0. The maximum absolute atomic E-state index is 13.3.